The van der Waals surface area contributed by atoms with Crippen LogP contribution in [0.4, 0.5) is 13.2 Å². The summed E-state index contributed by atoms with van der Waals surface area (Å²) in [6.07, 6.45) is -2.60. The summed E-state index contributed by atoms with van der Waals surface area (Å²) in [5.74, 6) is -0.391. The summed E-state index contributed by atoms with van der Waals surface area (Å²) in [5, 5.41) is 6.72. The first kappa shape index (κ1) is 19.1. The summed E-state index contributed by atoms with van der Waals surface area (Å²) in [6, 6.07) is 5.46. The van der Waals surface area contributed by atoms with Crippen LogP contribution in [0.5, 0.6) is 0 Å². The number of rotatable bonds is 5. The Kier molecular flexibility index (Phi) is 5.05. The first-order chi connectivity index (χ1) is 12.7. The summed E-state index contributed by atoms with van der Waals surface area (Å²) in [7, 11) is 0. The molecule has 3 rings (SSSR count). The van der Waals surface area contributed by atoms with Gasteiger partial charge in [0.05, 0.1) is 11.3 Å². The molecule has 0 bridgehead atoms. The number of halogens is 3. The SMILES string of the molecule is Cc1cc(=O)c(C(=O)NC(CN)C2CC2)nn1-c1cccc(C(F)(F)F)c1. The van der Waals surface area contributed by atoms with E-state index in [0.29, 0.717) is 5.69 Å². The number of carbonyl (C=O) groups excluding carboxylic acids is 1. The maximum absolute atomic E-state index is 13.0. The van der Waals surface area contributed by atoms with Crippen LogP contribution in [0.25, 0.3) is 5.69 Å². The van der Waals surface area contributed by atoms with Gasteiger partial charge in [-0.05, 0) is 43.9 Å². The highest BCUT2D eigenvalue weighted by molar-refractivity contribution is 5.92. The van der Waals surface area contributed by atoms with Crippen molar-refractivity contribution in [2.45, 2.75) is 32.0 Å². The van der Waals surface area contributed by atoms with Crippen LogP contribution in [0.1, 0.15) is 34.6 Å². The van der Waals surface area contributed by atoms with E-state index in [1.54, 1.807) is 0 Å². The van der Waals surface area contributed by atoms with Gasteiger partial charge in [-0.1, -0.05) is 6.07 Å². The number of nitrogens with one attached hydrogen (secondary N) is 1. The van der Waals surface area contributed by atoms with Gasteiger partial charge < -0.3 is 11.1 Å². The molecule has 1 heterocycles. The maximum atomic E-state index is 13.0. The van der Waals surface area contributed by atoms with Gasteiger partial charge in [0.15, 0.2) is 5.69 Å². The Balaban J connectivity index is 1.97. The van der Waals surface area contributed by atoms with Crippen LogP contribution in [-0.4, -0.2) is 28.3 Å². The van der Waals surface area contributed by atoms with E-state index in [0.717, 1.165) is 29.7 Å². The third-order valence-corrected chi connectivity index (χ3v) is 4.50. The molecule has 9 heteroatoms. The zero-order valence-corrected chi connectivity index (χ0v) is 14.6. The van der Waals surface area contributed by atoms with Gasteiger partial charge in [-0.25, -0.2) is 4.68 Å². The van der Waals surface area contributed by atoms with Crippen molar-refractivity contribution in [2.75, 3.05) is 6.54 Å². The summed E-state index contributed by atoms with van der Waals surface area (Å²) in [5.41, 5.74) is 4.25. The van der Waals surface area contributed by atoms with Crippen molar-refractivity contribution in [1.29, 1.82) is 0 Å². The van der Waals surface area contributed by atoms with E-state index in [2.05, 4.69) is 10.4 Å². The molecule has 0 spiro atoms. The molecule has 2 aromatic rings. The van der Waals surface area contributed by atoms with Crippen molar-refractivity contribution in [3.05, 3.63) is 57.5 Å². The zero-order valence-electron chi connectivity index (χ0n) is 14.6. The normalized spacial score (nSPS) is 15.4. The second-order valence-electron chi connectivity index (χ2n) is 6.61. The molecule has 1 unspecified atom stereocenters. The fourth-order valence-corrected chi connectivity index (χ4v) is 2.88. The van der Waals surface area contributed by atoms with Crippen LogP contribution in [0.3, 0.4) is 0 Å². The van der Waals surface area contributed by atoms with Crippen molar-refractivity contribution in [1.82, 2.24) is 15.1 Å². The minimum absolute atomic E-state index is 0.106. The number of alkyl halides is 3. The van der Waals surface area contributed by atoms with E-state index in [4.69, 9.17) is 5.73 Å². The smallest absolute Gasteiger partial charge is 0.346 e. The summed E-state index contributed by atoms with van der Waals surface area (Å²) in [4.78, 5) is 24.7. The number of nitrogens with two attached hydrogens (primary N) is 1. The molecular weight excluding hydrogens is 361 g/mol. The lowest BCUT2D eigenvalue weighted by molar-refractivity contribution is -0.137. The molecule has 27 heavy (non-hydrogen) atoms. The van der Waals surface area contributed by atoms with Crippen molar-refractivity contribution >= 4 is 5.91 Å². The van der Waals surface area contributed by atoms with Crippen LogP contribution in [0.15, 0.2) is 35.1 Å². The Hall–Kier alpha value is -2.68. The first-order valence-corrected chi connectivity index (χ1v) is 8.50. The van der Waals surface area contributed by atoms with E-state index in [9.17, 15) is 22.8 Å². The van der Waals surface area contributed by atoms with Gasteiger partial charge in [-0.3, -0.25) is 9.59 Å². The van der Waals surface area contributed by atoms with Crippen LogP contribution < -0.4 is 16.5 Å². The molecule has 1 saturated carbocycles. The zero-order chi connectivity index (χ0) is 19.8. The average Bonchev–Trinajstić information content (AvgIpc) is 3.44. The van der Waals surface area contributed by atoms with Crippen LogP contribution in [0, 0.1) is 12.8 Å². The third-order valence-electron chi connectivity index (χ3n) is 4.50. The largest absolute Gasteiger partial charge is 0.416 e. The molecule has 1 fully saturated rings. The average molecular weight is 380 g/mol. The molecule has 0 saturated heterocycles. The number of aryl methyl sites for hydroxylation is 1. The Bertz CT molecular complexity index is 920. The number of carbonyl (C=O) groups is 1. The molecule has 1 atom stereocenters. The van der Waals surface area contributed by atoms with Crippen molar-refractivity contribution < 1.29 is 18.0 Å². The lowest BCUT2D eigenvalue weighted by atomic mass is 10.1. The van der Waals surface area contributed by atoms with Crippen LogP contribution in [-0.2, 0) is 6.18 Å². The van der Waals surface area contributed by atoms with Gasteiger partial charge in [0.2, 0.25) is 5.43 Å². The molecule has 1 aliphatic carbocycles. The van der Waals surface area contributed by atoms with Crippen LogP contribution in [0.2, 0.25) is 0 Å². The highest BCUT2D eigenvalue weighted by Crippen LogP contribution is 2.32. The van der Waals surface area contributed by atoms with Crippen LogP contribution >= 0.6 is 0 Å². The van der Waals surface area contributed by atoms with Gasteiger partial charge in [0, 0.05) is 24.3 Å². The Morgan fingerprint density at radius 1 is 1.37 bits per heavy atom. The van der Waals surface area contributed by atoms with E-state index < -0.39 is 23.1 Å². The highest BCUT2D eigenvalue weighted by atomic mass is 19.4. The molecule has 1 aliphatic rings. The number of hydrogen-bond donors (Lipinski definition) is 2. The van der Waals surface area contributed by atoms with E-state index in [-0.39, 0.29) is 29.9 Å². The topological polar surface area (TPSA) is 90.0 Å². The van der Waals surface area contributed by atoms with Crippen molar-refractivity contribution in [3.8, 4) is 5.69 Å². The Morgan fingerprint density at radius 2 is 2.07 bits per heavy atom. The summed E-state index contributed by atoms with van der Waals surface area (Å²) < 4.78 is 40.0. The number of amides is 1. The predicted octanol–water partition coefficient (Wildman–Crippen LogP) is 2.03. The lowest BCUT2D eigenvalue weighted by Gasteiger charge is -2.17. The van der Waals surface area contributed by atoms with E-state index >= 15 is 0 Å². The van der Waals surface area contributed by atoms with Crippen molar-refractivity contribution in [2.24, 2.45) is 11.7 Å². The molecule has 1 aromatic heterocycles. The molecule has 0 radical (unpaired) electrons. The number of nitrogens with zero attached hydrogens (tertiary/aromatic N) is 2. The van der Waals surface area contributed by atoms with Gasteiger partial charge in [0.25, 0.3) is 5.91 Å². The monoisotopic (exact) mass is 380 g/mol. The minimum atomic E-state index is -4.51. The Labute approximate surface area is 153 Å². The van der Waals surface area contributed by atoms with Gasteiger partial charge in [-0.15, -0.1) is 0 Å². The fourth-order valence-electron chi connectivity index (χ4n) is 2.88. The Morgan fingerprint density at radius 3 is 2.67 bits per heavy atom. The number of benzene rings is 1. The van der Waals surface area contributed by atoms with Gasteiger partial charge >= 0.3 is 6.18 Å². The summed E-state index contributed by atoms with van der Waals surface area (Å²) in [6.45, 7) is 1.77. The molecule has 1 amide bonds. The van der Waals surface area contributed by atoms with E-state index in [1.165, 1.54) is 25.1 Å². The van der Waals surface area contributed by atoms with E-state index in [1.807, 2.05) is 0 Å². The molecule has 6 nitrogen and oxygen atoms in total. The lowest BCUT2D eigenvalue weighted by Crippen LogP contribution is -2.44. The second-order valence-corrected chi connectivity index (χ2v) is 6.61. The molecule has 3 N–H and O–H groups in total. The molecule has 144 valence electrons. The quantitative estimate of drug-likeness (QED) is 0.831. The first-order valence-electron chi connectivity index (χ1n) is 8.50. The number of hydrogen-bond acceptors (Lipinski definition) is 4. The predicted molar refractivity (Wildman–Crippen MR) is 92.6 cm³/mol. The van der Waals surface area contributed by atoms with Gasteiger partial charge in [0.1, 0.15) is 0 Å². The number of aromatic nitrogens is 2. The summed E-state index contributed by atoms with van der Waals surface area (Å²) >= 11 is 0. The fraction of sp³-hybridized carbons (Fsp3) is 0.389. The van der Waals surface area contributed by atoms with Gasteiger partial charge in [-0.2, -0.15) is 18.3 Å². The highest BCUT2D eigenvalue weighted by Gasteiger charge is 2.33. The molecule has 1 aromatic carbocycles. The third kappa shape index (κ3) is 4.19. The standard InChI is InChI=1S/C18H19F3N4O2/c1-10-7-15(26)16(17(27)23-14(9-22)11-5-6-11)24-25(10)13-4-2-3-12(8-13)18(19,20)21/h2-4,7-8,11,14H,5-6,9,22H2,1H3,(H,23,27). The minimum Gasteiger partial charge on any atom is -0.346 e. The molecular formula is C18H19F3N4O2. The second kappa shape index (κ2) is 7.15. The van der Waals surface area contributed by atoms with Crippen molar-refractivity contribution in [3.63, 3.8) is 0 Å². The molecule has 0 aliphatic heterocycles. The maximum Gasteiger partial charge on any atom is 0.416 e.